The summed E-state index contributed by atoms with van der Waals surface area (Å²) in [4.78, 5) is 43.8. The Morgan fingerprint density at radius 1 is 1.44 bits per heavy atom. The molecule has 5 unspecified atom stereocenters. The summed E-state index contributed by atoms with van der Waals surface area (Å²) in [5.74, 6) is -1.78. The van der Waals surface area contributed by atoms with E-state index >= 15 is 0 Å². The number of nitrogens with zero attached hydrogens (tertiary/aromatic N) is 2. The minimum atomic E-state index is -0.959. The molecule has 0 radical (unpaired) electrons. The summed E-state index contributed by atoms with van der Waals surface area (Å²) in [6.45, 7) is 2.61. The third kappa shape index (κ3) is 2.30. The summed E-state index contributed by atoms with van der Waals surface area (Å²) in [5.41, 5.74) is 10.5. The first kappa shape index (κ1) is 18.1. The van der Waals surface area contributed by atoms with Gasteiger partial charge in [-0.1, -0.05) is 0 Å². The molecule has 3 aliphatic heterocycles. The van der Waals surface area contributed by atoms with Gasteiger partial charge in [0.1, 0.15) is 6.61 Å². The summed E-state index contributed by atoms with van der Waals surface area (Å²) in [7, 11) is 1.53. The maximum atomic E-state index is 13.3. The number of amides is 1. The Kier molecular flexibility index (Phi) is 4.09. The highest BCUT2D eigenvalue weighted by Gasteiger charge is 2.73. The summed E-state index contributed by atoms with van der Waals surface area (Å²) in [5, 5.41) is 3.31. The van der Waals surface area contributed by atoms with Gasteiger partial charge < -0.3 is 31.2 Å². The van der Waals surface area contributed by atoms with Crippen molar-refractivity contribution in [2.45, 2.75) is 24.7 Å². The van der Waals surface area contributed by atoms with Crippen LogP contribution >= 0.6 is 0 Å². The van der Waals surface area contributed by atoms with Crippen LogP contribution in [0, 0.1) is 11.8 Å². The van der Waals surface area contributed by atoms with E-state index in [0.29, 0.717) is 17.8 Å². The van der Waals surface area contributed by atoms with Crippen molar-refractivity contribution in [3.63, 3.8) is 0 Å². The number of ketones is 2. The number of Topliss-reactive ketones (excluding diaryl/α,β-unsaturated/α-hetero) is 2. The Hall–Kier alpha value is -2.30. The van der Waals surface area contributed by atoms with Crippen molar-refractivity contribution >= 4 is 23.4 Å². The molecule has 0 spiro atoms. The van der Waals surface area contributed by atoms with Gasteiger partial charge in [-0.25, -0.2) is 4.79 Å². The highest BCUT2D eigenvalue weighted by molar-refractivity contribution is 6.53. The van der Waals surface area contributed by atoms with Crippen LogP contribution in [0.1, 0.15) is 6.92 Å². The molecule has 2 fully saturated rings. The molecule has 10 heteroatoms. The number of hydrogen-bond donors (Lipinski definition) is 3. The molecule has 2 saturated heterocycles. The molecule has 4 rings (SSSR count). The SMILES string of the molecule is COC12C(COC(N)=O)C3=C(C(=O)C(C)C(=NCCN)C3=O)N1CC1NC12. The lowest BCUT2D eigenvalue weighted by Gasteiger charge is -2.39. The third-order valence-corrected chi connectivity index (χ3v) is 5.95. The Bertz CT molecular complexity index is 793. The van der Waals surface area contributed by atoms with Crippen LogP contribution in [0.3, 0.4) is 0 Å². The van der Waals surface area contributed by atoms with Crippen LogP contribution in [0.2, 0.25) is 0 Å². The van der Waals surface area contributed by atoms with Crippen LogP contribution in [0.15, 0.2) is 16.3 Å². The monoisotopic (exact) mass is 377 g/mol. The quantitative estimate of drug-likeness (QED) is 0.471. The van der Waals surface area contributed by atoms with Gasteiger partial charge in [0, 0.05) is 31.8 Å². The second kappa shape index (κ2) is 6.11. The molecule has 5 atom stereocenters. The average molecular weight is 377 g/mol. The van der Waals surface area contributed by atoms with Gasteiger partial charge in [0.15, 0.2) is 11.5 Å². The summed E-state index contributed by atoms with van der Waals surface area (Å²) >= 11 is 0. The van der Waals surface area contributed by atoms with Gasteiger partial charge in [0.05, 0.1) is 35.8 Å². The molecule has 146 valence electrons. The third-order valence-electron chi connectivity index (χ3n) is 5.95. The summed E-state index contributed by atoms with van der Waals surface area (Å²) < 4.78 is 10.9. The number of nitrogens with one attached hydrogen (secondary N) is 1. The highest BCUT2D eigenvalue weighted by atomic mass is 16.6. The van der Waals surface area contributed by atoms with Crippen molar-refractivity contribution in [3.8, 4) is 0 Å². The van der Waals surface area contributed by atoms with Crippen LogP contribution in [-0.4, -0.2) is 79.4 Å². The number of primary amides is 1. The van der Waals surface area contributed by atoms with E-state index in [-0.39, 0.29) is 49.1 Å². The van der Waals surface area contributed by atoms with Crippen LogP contribution in [0.4, 0.5) is 4.79 Å². The van der Waals surface area contributed by atoms with Gasteiger partial charge in [0.2, 0.25) is 5.78 Å². The van der Waals surface area contributed by atoms with Crippen LogP contribution in [0.5, 0.6) is 0 Å². The predicted molar refractivity (Wildman–Crippen MR) is 93.7 cm³/mol. The number of hydrogen-bond acceptors (Lipinski definition) is 9. The Morgan fingerprint density at radius 2 is 2.19 bits per heavy atom. The largest absolute Gasteiger partial charge is 0.449 e. The number of ether oxygens (including phenoxy) is 2. The van der Waals surface area contributed by atoms with E-state index in [1.165, 1.54) is 7.11 Å². The van der Waals surface area contributed by atoms with Gasteiger partial charge >= 0.3 is 6.09 Å². The standard InChI is InChI=1S/C17H23N5O5/c1-7-11(20-4-3-18)14(24)10-8(6-27-16(19)25)17(26-2)15-9(21-15)5-22(17)12(10)13(7)23/h7-9,15,21H,3-6,18H2,1-2H3,(H2,19,25). The molecule has 0 aromatic rings. The first-order valence-electron chi connectivity index (χ1n) is 8.97. The molecule has 0 saturated carbocycles. The first-order valence-corrected chi connectivity index (χ1v) is 8.97. The summed E-state index contributed by atoms with van der Waals surface area (Å²) in [6.07, 6.45) is -0.944. The smallest absolute Gasteiger partial charge is 0.404 e. The van der Waals surface area contributed by atoms with Crippen molar-refractivity contribution in [1.29, 1.82) is 0 Å². The zero-order chi connectivity index (χ0) is 19.5. The van der Waals surface area contributed by atoms with Crippen molar-refractivity contribution in [2.75, 3.05) is 33.4 Å². The lowest BCUT2D eigenvalue weighted by Crippen LogP contribution is -2.55. The number of methoxy groups -OCH3 is 1. The molecule has 10 nitrogen and oxygen atoms in total. The number of allylic oxidation sites excluding steroid dienone is 1. The van der Waals surface area contributed by atoms with E-state index in [0.717, 1.165) is 0 Å². The molecule has 27 heavy (non-hydrogen) atoms. The van der Waals surface area contributed by atoms with Gasteiger partial charge in [-0.2, -0.15) is 0 Å². The minimum absolute atomic E-state index is 0.0603. The Morgan fingerprint density at radius 3 is 2.81 bits per heavy atom. The summed E-state index contributed by atoms with van der Waals surface area (Å²) in [6, 6.07) is 0.107. The van der Waals surface area contributed by atoms with Crippen LogP contribution in [0.25, 0.3) is 0 Å². The Balaban J connectivity index is 1.82. The molecule has 1 aliphatic carbocycles. The second-order valence-corrected chi connectivity index (χ2v) is 7.23. The van der Waals surface area contributed by atoms with E-state index in [9.17, 15) is 14.4 Å². The van der Waals surface area contributed by atoms with Gasteiger partial charge in [-0.15, -0.1) is 0 Å². The number of rotatable bonds is 5. The topological polar surface area (TPSA) is 159 Å². The molecule has 0 bridgehead atoms. The lowest BCUT2D eigenvalue weighted by molar-refractivity contribution is -0.138. The number of nitrogens with two attached hydrogens (primary N) is 2. The molecular formula is C17H23N5O5. The highest BCUT2D eigenvalue weighted by Crippen LogP contribution is 2.55. The van der Waals surface area contributed by atoms with Crippen LogP contribution in [-0.2, 0) is 19.1 Å². The maximum absolute atomic E-state index is 13.3. The molecule has 5 N–H and O–H groups in total. The van der Waals surface area contributed by atoms with E-state index < -0.39 is 23.7 Å². The fourth-order valence-corrected chi connectivity index (χ4v) is 4.77. The zero-order valence-electron chi connectivity index (χ0n) is 15.2. The van der Waals surface area contributed by atoms with E-state index in [1.54, 1.807) is 6.92 Å². The predicted octanol–water partition coefficient (Wildman–Crippen LogP) is -1.85. The van der Waals surface area contributed by atoms with Gasteiger partial charge in [-0.05, 0) is 6.92 Å². The number of aliphatic imine (C=N–C) groups is 1. The van der Waals surface area contributed by atoms with Gasteiger partial charge in [0.25, 0.3) is 0 Å². The van der Waals surface area contributed by atoms with Crippen molar-refractivity contribution in [3.05, 3.63) is 11.3 Å². The zero-order valence-corrected chi connectivity index (χ0v) is 15.2. The van der Waals surface area contributed by atoms with Crippen molar-refractivity contribution in [2.24, 2.45) is 28.3 Å². The lowest BCUT2D eigenvalue weighted by atomic mass is 9.78. The molecule has 1 amide bonds. The van der Waals surface area contributed by atoms with E-state index in [4.69, 9.17) is 20.9 Å². The second-order valence-electron chi connectivity index (χ2n) is 7.23. The van der Waals surface area contributed by atoms with E-state index in [1.807, 2.05) is 4.90 Å². The number of carbonyl (C=O) groups excluding carboxylic acids is 3. The fourth-order valence-electron chi connectivity index (χ4n) is 4.77. The normalized spacial score (nSPS) is 38.2. The van der Waals surface area contributed by atoms with E-state index in [2.05, 4.69) is 10.3 Å². The molecule has 0 aromatic heterocycles. The first-order chi connectivity index (χ1) is 12.9. The molecular weight excluding hydrogens is 354 g/mol. The van der Waals surface area contributed by atoms with Gasteiger partial charge in [-0.3, -0.25) is 14.6 Å². The molecule has 3 heterocycles. The van der Waals surface area contributed by atoms with Crippen LogP contribution < -0.4 is 16.8 Å². The number of fused-ring (bicyclic) bond motifs is 4. The molecule has 0 aromatic carbocycles. The molecule has 4 aliphatic rings. The Labute approximate surface area is 155 Å². The average Bonchev–Trinajstić information content (AvgIpc) is 3.24. The maximum Gasteiger partial charge on any atom is 0.404 e. The van der Waals surface area contributed by atoms with Crippen molar-refractivity contribution < 1.29 is 23.9 Å². The number of carbonyl (C=O) groups is 3. The van der Waals surface area contributed by atoms with Crippen molar-refractivity contribution in [1.82, 2.24) is 10.2 Å². The minimum Gasteiger partial charge on any atom is -0.449 e. The fraction of sp³-hybridized carbons (Fsp3) is 0.647. The number of piperazine rings is 1.